The molecule has 2 nitrogen and oxygen atoms in total. The fraction of sp³-hybridized carbons (Fsp3) is 0.154. The number of benzene rings is 1. The van der Waals surface area contributed by atoms with E-state index in [-0.39, 0.29) is 17.9 Å². The predicted octanol–water partition coefficient (Wildman–Crippen LogP) is 2.08. The molecule has 2 aromatic rings. The lowest BCUT2D eigenvalue weighted by molar-refractivity contribution is 0.620. The highest BCUT2D eigenvalue weighted by Crippen LogP contribution is 2.17. The Labute approximate surface area is 92.3 Å². The van der Waals surface area contributed by atoms with Crippen molar-refractivity contribution in [1.29, 1.82) is 0 Å². The van der Waals surface area contributed by atoms with Crippen molar-refractivity contribution < 1.29 is 4.39 Å². The van der Waals surface area contributed by atoms with Crippen molar-refractivity contribution in [3.8, 4) is 12.3 Å². The highest BCUT2D eigenvalue weighted by Gasteiger charge is 2.05. The summed E-state index contributed by atoms with van der Waals surface area (Å²) in [6.07, 6.45) is 5.20. The molecule has 0 fully saturated rings. The van der Waals surface area contributed by atoms with Gasteiger partial charge in [0.25, 0.3) is 5.56 Å². The highest BCUT2D eigenvalue weighted by atomic mass is 19.1. The second-order valence-corrected chi connectivity index (χ2v) is 3.62. The van der Waals surface area contributed by atoms with Crippen LogP contribution in [0.5, 0.6) is 0 Å². The lowest BCUT2D eigenvalue weighted by Gasteiger charge is -2.08. The molecule has 1 aromatic carbocycles. The normalized spacial score (nSPS) is 10.3. The Bertz CT molecular complexity index is 649. The number of terminal acetylenes is 1. The second-order valence-electron chi connectivity index (χ2n) is 3.62. The third-order valence-electron chi connectivity index (χ3n) is 2.52. The number of aromatic nitrogens is 1. The molecule has 0 atom stereocenters. The van der Waals surface area contributed by atoms with Gasteiger partial charge in [-0.2, -0.15) is 0 Å². The minimum Gasteiger partial charge on any atom is -0.297 e. The van der Waals surface area contributed by atoms with E-state index in [2.05, 4.69) is 5.92 Å². The molecule has 0 amide bonds. The zero-order chi connectivity index (χ0) is 11.7. The van der Waals surface area contributed by atoms with Crippen molar-refractivity contribution in [2.24, 2.45) is 0 Å². The SMILES string of the molecule is C#CCn1c(=O)ccc2cc(F)c(C)cc21. The van der Waals surface area contributed by atoms with Gasteiger partial charge in [-0.15, -0.1) is 6.42 Å². The van der Waals surface area contributed by atoms with Crippen LogP contribution in [0.1, 0.15) is 5.56 Å². The minimum atomic E-state index is -0.279. The van der Waals surface area contributed by atoms with Gasteiger partial charge in [-0.25, -0.2) is 4.39 Å². The largest absolute Gasteiger partial charge is 0.297 e. The first-order chi connectivity index (χ1) is 7.63. The Kier molecular flexibility index (Phi) is 2.49. The molecule has 3 heteroatoms. The third-order valence-corrected chi connectivity index (χ3v) is 2.52. The summed E-state index contributed by atoms with van der Waals surface area (Å²) in [4.78, 5) is 11.6. The summed E-state index contributed by atoms with van der Waals surface area (Å²) >= 11 is 0. The average Bonchev–Trinajstić information content (AvgIpc) is 2.25. The topological polar surface area (TPSA) is 22.0 Å². The van der Waals surface area contributed by atoms with Crippen LogP contribution in [0.15, 0.2) is 29.1 Å². The van der Waals surface area contributed by atoms with E-state index in [0.29, 0.717) is 16.5 Å². The van der Waals surface area contributed by atoms with Gasteiger partial charge in [0.15, 0.2) is 0 Å². The smallest absolute Gasteiger partial charge is 0.251 e. The van der Waals surface area contributed by atoms with Crippen LogP contribution in [0.2, 0.25) is 0 Å². The van der Waals surface area contributed by atoms with E-state index in [0.717, 1.165) is 0 Å². The van der Waals surface area contributed by atoms with Crippen LogP contribution in [0.3, 0.4) is 0 Å². The maximum atomic E-state index is 13.3. The molecule has 0 unspecified atom stereocenters. The lowest BCUT2D eigenvalue weighted by atomic mass is 10.1. The third kappa shape index (κ3) is 1.59. The van der Waals surface area contributed by atoms with Crippen molar-refractivity contribution in [2.75, 3.05) is 0 Å². The molecule has 80 valence electrons. The predicted molar refractivity (Wildman–Crippen MR) is 61.7 cm³/mol. The summed E-state index contributed by atoms with van der Waals surface area (Å²) in [5, 5.41) is 0.679. The Morgan fingerprint density at radius 1 is 1.44 bits per heavy atom. The molecule has 0 aliphatic rings. The standard InChI is InChI=1S/C13H10FNO/c1-3-6-15-12-7-9(2)11(14)8-10(12)4-5-13(15)16/h1,4-5,7-8H,6H2,2H3. The Morgan fingerprint density at radius 3 is 2.88 bits per heavy atom. The molecule has 16 heavy (non-hydrogen) atoms. The quantitative estimate of drug-likeness (QED) is 0.667. The summed E-state index contributed by atoms with van der Waals surface area (Å²) in [6, 6.07) is 6.06. The molecule has 0 aliphatic carbocycles. The zero-order valence-electron chi connectivity index (χ0n) is 8.83. The van der Waals surface area contributed by atoms with E-state index in [1.165, 1.54) is 16.7 Å². The summed E-state index contributed by atoms with van der Waals surface area (Å²) in [5.41, 5.74) is 1.00. The van der Waals surface area contributed by atoms with Crippen LogP contribution in [0.25, 0.3) is 10.9 Å². The van der Waals surface area contributed by atoms with E-state index in [1.54, 1.807) is 19.1 Å². The van der Waals surface area contributed by atoms with Crippen molar-refractivity contribution in [3.63, 3.8) is 0 Å². The van der Waals surface area contributed by atoms with Gasteiger partial charge in [-0.05, 0) is 30.7 Å². The Morgan fingerprint density at radius 2 is 2.19 bits per heavy atom. The van der Waals surface area contributed by atoms with Gasteiger partial charge in [-0.3, -0.25) is 9.36 Å². The molecule has 1 heterocycles. The number of aryl methyl sites for hydroxylation is 1. The van der Waals surface area contributed by atoms with Crippen LogP contribution in [-0.4, -0.2) is 4.57 Å². The van der Waals surface area contributed by atoms with E-state index in [1.807, 2.05) is 0 Å². The van der Waals surface area contributed by atoms with Crippen LogP contribution in [0, 0.1) is 25.1 Å². The summed E-state index contributed by atoms with van der Waals surface area (Å²) in [6.45, 7) is 1.85. The number of nitrogens with zero attached hydrogens (tertiary/aromatic N) is 1. The molecule has 2 rings (SSSR count). The van der Waals surface area contributed by atoms with Gasteiger partial charge in [0.05, 0.1) is 12.1 Å². The molecular formula is C13H10FNO. The number of hydrogen-bond acceptors (Lipinski definition) is 1. The maximum absolute atomic E-state index is 13.3. The Hall–Kier alpha value is -2.08. The van der Waals surface area contributed by atoms with E-state index < -0.39 is 0 Å². The second kappa shape index (κ2) is 3.82. The molecule has 1 aromatic heterocycles. The number of halogens is 1. The monoisotopic (exact) mass is 215 g/mol. The van der Waals surface area contributed by atoms with E-state index in [9.17, 15) is 9.18 Å². The van der Waals surface area contributed by atoms with E-state index >= 15 is 0 Å². The van der Waals surface area contributed by atoms with E-state index in [4.69, 9.17) is 6.42 Å². The molecular weight excluding hydrogens is 205 g/mol. The number of hydrogen-bond donors (Lipinski definition) is 0. The fourth-order valence-electron chi connectivity index (χ4n) is 1.67. The first-order valence-corrected chi connectivity index (χ1v) is 4.86. The first kappa shape index (κ1) is 10.4. The number of fused-ring (bicyclic) bond motifs is 1. The summed E-state index contributed by atoms with van der Waals surface area (Å²) in [7, 11) is 0. The first-order valence-electron chi connectivity index (χ1n) is 4.86. The van der Waals surface area contributed by atoms with Gasteiger partial charge >= 0.3 is 0 Å². The highest BCUT2D eigenvalue weighted by molar-refractivity contribution is 5.79. The van der Waals surface area contributed by atoms with Crippen molar-refractivity contribution in [1.82, 2.24) is 4.57 Å². The average molecular weight is 215 g/mol. The van der Waals surface area contributed by atoms with Crippen LogP contribution in [0.4, 0.5) is 4.39 Å². The van der Waals surface area contributed by atoms with Crippen molar-refractivity contribution in [3.05, 3.63) is 46.0 Å². The molecule has 0 spiro atoms. The van der Waals surface area contributed by atoms with Crippen LogP contribution in [-0.2, 0) is 6.54 Å². The lowest BCUT2D eigenvalue weighted by Crippen LogP contribution is -2.18. The Balaban J connectivity index is 2.87. The van der Waals surface area contributed by atoms with Crippen LogP contribution >= 0.6 is 0 Å². The number of pyridine rings is 1. The molecule has 0 bridgehead atoms. The van der Waals surface area contributed by atoms with Gasteiger partial charge in [-0.1, -0.05) is 5.92 Å². The molecule has 0 saturated carbocycles. The van der Waals surface area contributed by atoms with Gasteiger partial charge in [0.1, 0.15) is 5.82 Å². The van der Waals surface area contributed by atoms with Gasteiger partial charge < -0.3 is 0 Å². The molecule has 0 radical (unpaired) electrons. The molecule has 0 N–H and O–H groups in total. The zero-order valence-corrected chi connectivity index (χ0v) is 8.83. The fourth-order valence-corrected chi connectivity index (χ4v) is 1.67. The number of rotatable bonds is 1. The molecule has 0 aliphatic heterocycles. The minimum absolute atomic E-state index is 0.170. The van der Waals surface area contributed by atoms with Gasteiger partial charge in [0, 0.05) is 11.5 Å². The molecule has 0 saturated heterocycles. The van der Waals surface area contributed by atoms with Crippen molar-refractivity contribution in [2.45, 2.75) is 13.5 Å². The van der Waals surface area contributed by atoms with Gasteiger partial charge in [0.2, 0.25) is 0 Å². The summed E-state index contributed by atoms with van der Waals surface area (Å²) < 4.78 is 14.8. The maximum Gasteiger partial charge on any atom is 0.251 e. The van der Waals surface area contributed by atoms with Crippen LogP contribution < -0.4 is 5.56 Å². The van der Waals surface area contributed by atoms with Crippen molar-refractivity contribution >= 4 is 10.9 Å². The summed E-state index contributed by atoms with van der Waals surface area (Å²) in [5.74, 6) is 2.14.